The standard InChI is InChI=1S/C17H21N3O/c1-3-13-21-17-6-4-5-16-15(17)9-12-20(16)11-8-14-7-10-18-19(14)2/h4-7,9-10,12H,3,8,11,13H2,1-2H3. The quantitative estimate of drug-likeness (QED) is 0.694. The van der Waals surface area contributed by atoms with E-state index in [-0.39, 0.29) is 0 Å². The van der Waals surface area contributed by atoms with Crippen LogP contribution in [0, 0.1) is 0 Å². The Hall–Kier alpha value is -2.23. The minimum absolute atomic E-state index is 0.763. The maximum atomic E-state index is 5.82. The maximum absolute atomic E-state index is 5.82. The van der Waals surface area contributed by atoms with E-state index in [1.54, 1.807) is 0 Å². The van der Waals surface area contributed by atoms with Gasteiger partial charge in [0.2, 0.25) is 0 Å². The first-order valence-corrected chi connectivity index (χ1v) is 7.47. The molecule has 0 amide bonds. The van der Waals surface area contributed by atoms with E-state index in [0.29, 0.717) is 0 Å². The molecule has 0 unspecified atom stereocenters. The third-order valence-electron chi connectivity index (χ3n) is 3.77. The van der Waals surface area contributed by atoms with Crippen molar-refractivity contribution in [2.45, 2.75) is 26.3 Å². The molecule has 0 aliphatic rings. The molecule has 110 valence electrons. The van der Waals surface area contributed by atoms with E-state index in [9.17, 15) is 0 Å². The third kappa shape index (κ3) is 2.79. The number of aromatic nitrogens is 3. The molecule has 3 rings (SSSR count). The van der Waals surface area contributed by atoms with Gasteiger partial charge in [-0.25, -0.2) is 0 Å². The summed E-state index contributed by atoms with van der Waals surface area (Å²) in [5.41, 5.74) is 2.47. The molecule has 0 saturated carbocycles. The van der Waals surface area contributed by atoms with Gasteiger partial charge in [-0.1, -0.05) is 13.0 Å². The van der Waals surface area contributed by atoms with E-state index in [4.69, 9.17) is 4.74 Å². The molecule has 0 saturated heterocycles. The zero-order valence-corrected chi connectivity index (χ0v) is 12.6. The van der Waals surface area contributed by atoms with Crippen molar-refractivity contribution >= 4 is 10.9 Å². The molecule has 0 radical (unpaired) electrons. The topological polar surface area (TPSA) is 32.0 Å². The van der Waals surface area contributed by atoms with Crippen LogP contribution in [0.4, 0.5) is 0 Å². The molecule has 4 heteroatoms. The fourth-order valence-electron chi connectivity index (χ4n) is 2.61. The molecular weight excluding hydrogens is 262 g/mol. The Bertz CT molecular complexity index is 727. The van der Waals surface area contributed by atoms with E-state index >= 15 is 0 Å². The van der Waals surface area contributed by atoms with E-state index in [2.05, 4.69) is 47.1 Å². The van der Waals surface area contributed by atoms with Crippen LogP contribution < -0.4 is 4.74 Å². The summed E-state index contributed by atoms with van der Waals surface area (Å²) in [6.45, 7) is 3.83. The minimum atomic E-state index is 0.763. The number of rotatable bonds is 6. The number of fused-ring (bicyclic) bond motifs is 1. The molecule has 0 aliphatic carbocycles. The fraction of sp³-hybridized carbons (Fsp3) is 0.353. The smallest absolute Gasteiger partial charge is 0.128 e. The molecule has 2 heterocycles. The average molecular weight is 283 g/mol. The largest absolute Gasteiger partial charge is 0.493 e. The Morgan fingerprint density at radius 2 is 2.10 bits per heavy atom. The van der Waals surface area contributed by atoms with Crippen molar-refractivity contribution in [3.05, 3.63) is 48.4 Å². The molecule has 0 atom stereocenters. The van der Waals surface area contributed by atoms with Crippen LogP contribution in [0.25, 0.3) is 10.9 Å². The lowest BCUT2D eigenvalue weighted by Gasteiger charge is -2.08. The monoisotopic (exact) mass is 283 g/mol. The van der Waals surface area contributed by atoms with Crippen LogP contribution in [0.2, 0.25) is 0 Å². The highest BCUT2D eigenvalue weighted by Gasteiger charge is 2.07. The lowest BCUT2D eigenvalue weighted by atomic mass is 10.2. The highest BCUT2D eigenvalue weighted by Crippen LogP contribution is 2.27. The van der Waals surface area contributed by atoms with Crippen molar-refractivity contribution in [3.63, 3.8) is 0 Å². The Labute approximate surface area is 124 Å². The van der Waals surface area contributed by atoms with Gasteiger partial charge in [-0.3, -0.25) is 4.68 Å². The van der Waals surface area contributed by atoms with E-state index in [0.717, 1.165) is 31.7 Å². The highest BCUT2D eigenvalue weighted by atomic mass is 16.5. The second kappa shape index (κ2) is 6.04. The Balaban J connectivity index is 1.81. The molecule has 3 aromatic rings. The highest BCUT2D eigenvalue weighted by molar-refractivity contribution is 5.86. The maximum Gasteiger partial charge on any atom is 0.128 e. The van der Waals surface area contributed by atoms with Crippen LogP contribution in [-0.2, 0) is 20.0 Å². The molecule has 0 aliphatic heterocycles. The second-order valence-electron chi connectivity index (χ2n) is 5.24. The zero-order chi connectivity index (χ0) is 14.7. The van der Waals surface area contributed by atoms with Gasteiger partial charge in [0.25, 0.3) is 0 Å². The Kier molecular flexibility index (Phi) is 3.95. The minimum Gasteiger partial charge on any atom is -0.493 e. The molecule has 0 bridgehead atoms. The molecule has 0 N–H and O–H groups in total. The average Bonchev–Trinajstić information content (AvgIpc) is 3.09. The van der Waals surface area contributed by atoms with Gasteiger partial charge >= 0.3 is 0 Å². The van der Waals surface area contributed by atoms with Gasteiger partial charge in [0.1, 0.15) is 5.75 Å². The Morgan fingerprint density at radius 1 is 1.19 bits per heavy atom. The summed E-state index contributed by atoms with van der Waals surface area (Å²) in [6, 6.07) is 10.5. The third-order valence-corrected chi connectivity index (χ3v) is 3.77. The molecule has 4 nitrogen and oxygen atoms in total. The van der Waals surface area contributed by atoms with Crippen LogP contribution in [0.15, 0.2) is 42.7 Å². The van der Waals surface area contributed by atoms with Crippen molar-refractivity contribution in [1.29, 1.82) is 0 Å². The first-order valence-electron chi connectivity index (χ1n) is 7.47. The summed E-state index contributed by atoms with van der Waals surface area (Å²) >= 11 is 0. The number of nitrogens with zero attached hydrogens (tertiary/aromatic N) is 3. The van der Waals surface area contributed by atoms with Gasteiger partial charge in [-0.05, 0) is 30.7 Å². The number of aryl methyl sites for hydroxylation is 3. The lowest BCUT2D eigenvalue weighted by molar-refractivity contribution is 0.321. The van der Waals surface area contributed by atoms with Crippen LogP contribution in [0.5, 0.6) is 5.75 Å². The van der Waals surface area contributed by atoms with Gasteiger partial charge in [-0.15, -0.1) is 0 Å². The van der Waals surface area contributed by atoms with Gasteiger partial charge < -0.3 is 9.30 Å². The van der Waals surface area contributed by atoms with E-state index in [1.807, 2.05) is 24.0 Å². The molecule has 2 aromatic heterocycles. The molecule has 0 spiro atoms. The first kappa shape index (κ1) is 13.7. The summed E-state index contributed by atoms with van der Waals surface area (Å²) in [7, 11) is 1.99. The van der Waals surface area contributed by atoms with Crippen LogP contribution in [0.1, 0.15) is 19.0 Å². The van der Waals surface area contributed by atoms with Gasteiger partial charge in [0, 0.05) is 43.5 Å². The number of hydrogen-bond donors (Lipinski definition) is 0. The first-order chi connectivity index (χ1) is 10.3. The normalized spacial score (nSPS) is 11.1. The predicted molar refractivity (Wildman–Crippen MR) is 84.6 cm³/mol. The van der Waals surface area contributed by atoms with E-state index in [1.165, 1.54) is 16.6 Å². The van der Waals surface area contributed by atoms with Crippen LogP contribution in [-0.4, -0.2) is 21.0 Å². The van der Waals surface area contributed by atoms with Gasteiger partial charge in [0.15, 0.2) is 0 Å². The summed E-state index contributed by atoms with van der Waals surface area (Å²) < 4.78 is 10.0. The number of hydrogen-bond acceptors (Lipinski definition) is 2. The zero-order valence-electron chi connectivity index (χ0n) is 12.6. The van der Waals surface area contributed by atoms with E-state index < -0.39 is 0 Å². The summed E-state index contributed by atoms with van der Waals surface area (Å²) in [6.07, 6.45) is 5.98. The van der Waals surface area contributed by atoms with Crippen molar-refractivity contribution in [2.75, 3.05) is 6.61 Å². The summed E-state index contributed by atoms with van der Waals surface area (Å²) in [5, 5.41) is 5.40. The lowest BCUT2D eigenvalue weighted by Crippen LogP contribution is -2.04. The van der Waals surface area contributed by atoms with Gasteiger partial charge in [0.05, 0.1) is 12.1 Å². The van der Waals surface area contributed by atoms with Crippen molar-refractivity contribution < 1.29 is 4.74 Å². The SMILES string of the molecule is CCCOc1cccc2c1ccn2CCc1ccnn1C. The second-order valence-corrected chi connectivity index (χ2v) is 5.24. The fourth-order valence-corrected chi connectivity index (χ4v) is 2.61. The van der Waals surface area contributed by atoms with Crippen molar-refractivity contribution in [3.8, 4) is 5.75 Å². The van der Waals surface area contributed by atoms with Crippen molar-refractivity contribution in [1.82, 2.24) is 14.3 Å². The molecule has 0 fully saturated rings. The predicted octanol–water partition coefficient (Wildman–Crippen LogP) is 3.41. The van der Waals surface area contributed by atoms with Gasteiger partial charge in [-0.2, -0.15) is 5.10 Å². The number of benzene rings is 1. The Morgan fingerprint density at radius 3 is 2.86 bits per heavy atom. The van der Waals surface area contributed by atoms with Crippen molar-refractivity contribution in [2.24, 2.45) is 7.05 Å². The summed E-state index contributed by atoms with van der Waals surface area (Å²) in [4.78, 5) is 0. The number of ether oxygens (including phenoxy) is 1. The summed E-state index contributed by atoms with van der Waals surface area (Å²) in [5.74, 6) is 0.980. The van der Waals surface area contributed by atoms with Crippen LogP contribution in [0.3, 0.4) is 0 Å². The molecular formula is C17H21N3O. The molecule has 21 heavy (non-hydrogen) atoms. The molecule has 1 aromatic carbocycles. The van der Waals surface area contributed by atoms with Crippen LogP contribution >= 0.6 is 0 Å².